The van der Waals surface area contributed by atoms with Crippen LogP contribution >= 0.6 is 0 Å². The van der Waals surface area contributed by atoms with Gasteiger partial charge in [-0.2, -0.15) is 18.3 Å². The van der Waals surface area contributed by atoms with Crippen LogP contribution in [-0.2, 0) is 4.74 Å². The summed E-state index contributed by atoms with van der Waals surface area (Å²) in [5.41, 5.74) is 0. The summed E-state index contributed by atoms with van der Waals surface area (Å²) in [5.74, 6) is 1.03. The Bertz CT molecular complexity index is 379. The molecule has 0 bridgehead atoms. The van der Waals surface area contributed by atoms with Gasteiger partial charge in [-0.3, -0.25) is 10.00 Å². The lowest BCUT2D eigenvalue weighted by atomic mass is 10.2. The second-order valence-electron chi connectivity index (χ2n) is 3.99. The predicted octanol–water partition coefficient (Wildman–Crippen LogP) is 1.05. The van der Waals surface area contributed by atoms with Gasteiger partial charge in [-0.25, -0.2) is 4.98 Å². The van der Waals surface area contributed by atoms with Gasteiger partial charge < -0.3 is 4.74 Å². The molecule has 0 spiro atoms. The molecule has 0 radical (unpaired) electrons. The summed E-state index contributed by atoms with van der Waals surface area (Å²) in [6.45, 7) is 1.51. The highest BCUT2D eigenvalue weighted by atomic mass is 19.4. The van der Waals surface area contributed by atoms with Crippen molar-refractivity contribution in [3.63, 3.8) is 0 Å². The van der Waals surface area contributed by atoms with E-state index in [0.29, 0.717) is 11.6 Å². The van der Waals surface area contributed by atoms with Gasteiger partial charge in [0.25, 0.3) is 0 Å². The molecule has 2 heterocycles. The first kappa shape index (κ1) is 12.3. The molecule has 0 aliphatic carbocycles. The minimum Gasteiger partial charge on any atom is -0.367 e. The van der Waals surface area contributed by atoms with Crippen molar-refractivity contribution in [1.29, 1.82) is 0 Å². The molecule has 0 amide bonds. The van der Waals surface area contributed by atoms with Crippen molar-refractivity contribution in [3.05, 3.63) is 11.6 Å². The largest absolute Gasteiger partial charge is 0.401 e. The van der Waals surface area contributed by atoms with Crippen LogP contribution in [0.25, 0.3) is 0 Å². The molecule has 8 heteroatoms. The quantitative estimate of drug-likeness (QED) is 0.852. The maximum Gasteiger partial charge on any atom is 0.401 e. The SMILES string of the molecule is Cc1nc(C2CN(CC(F)(F)F)CCO2)n[nH]1. The van der Waals surface area contributed by atoms with Crippen LogP contribution in [0, 0.1) is 6.92 Å². The Kier molecular flexibility index (Phi) is 3.34. The van der Waals surface area contributed by atoms with E-state index in [1.54, 1.807) is 6.92 Å². The van der Waals surface area contributed by atoms with Crippen LogP contribution in [0.15, 0.2) is 0 Å². The number of hydrogen-bond donors (Lipinski definition) is 1. The number of rotatable bonds is 2. The Labute approximate surface area is 96.0 Å². The number of hydrogen-bond acceptors (Lipinski definition) is 4. The summed E-state index contributed by atoms with van der Waals surface area (Å²) in [6.07, 6.45) is -4.67. The van der Waals surface area contributed by atoms with Crippen molar-refractivity contribution in [2.45, 2.75) is 19.2 Å². The number of morpholine rings is 1. The zero-order valence-corrected chi connectivity index (χ0v) is 9.29. The van der Waals surface area contributed by atoms with Gasteiger partial charge in [-0.15, -0.1) is 0 Å². The summed E-state index contributed by atoms with van der Waals surface area (Å²) in [5, 5.41) is 6.55. The molecule has 1 N–H and O–H groups in total. The molecular weight excluding hydrogens is 237 g/mol. The smallest absolute Gasteiger partial charge is 0.367 e. The molecule has 0 aromatic carbocycles. The molecule has 1 aliphatic heterocycles. The molecular formula is C9H13F3N4O. The number of aryl methyl sites for hydroxylation is 1. The number of nitrogens with one attached hydrogen (secondary N) is 1. The first-order valence-corrected chi connectivity index (χ1v) is 5.23. The van der Waals surface area contributed by atoms with Crippen molar-refractivity contribution in [2.24, 2.45) is 0 Å². The Morgan fingerprint density at radius 2 is 2.29 bits per heavy atom. The van der Waals surface area contributed by atoms with Gasteiger partial charge >= 0.3 is 6.18 Å². The molecule has 0 saturated carbocycles. The van der Waals surface area contributed by atoms with Crippen LogP contribution < -0.4 is 0 Å². The standard InChI is InChI=1S/C9H13F3N4O/c1-6-13-8(15-14-6)7-4-16(2-3-17-7)5-9(10,11)12/h7H,2-5H2,1H3,(H,13,14,15). The summed E-state index contributed by atoms with van der Waals surface area (Å²) in [4.78, 5) is 5.37. The van der Waals surface area contributed by atoms with E-state index < -0.39 is 18.8 Å². The molecule has 1 atom stereocenters. The Morgan fingerprint density at radius 3 is 2.88 bits per heavy atom. The molecule has 1 saturated heterocycles. The van der Waals surface area contributed by atoms with Gasteiger partial charge in [0.2, 0.25) is 0 Å². The summed E-state index contributed by atoms with van der Waals surface area (Å²) in [7, 11) is 0. The van der Waals surface area contributed by atoms with Gasteiger partial charge in [-0.1, -0.05) is 0 Å². The van der Waals surface area contributed by atoms with Crippen LogP contribution in [0.2, 0.25) is 0 Å². The molecule has 1 aromatic rings. The monoisotopic (exact) mass is 250 g/mol. The van der Waals surface area contributed by atoms with Crippen molar-refractivity contribution in [2.75, 3.05) is 26.2 Å². The number of nitrogens with zero attached hydrogens (tertiary/aromatic N) is 3. The first-order chi connectivity index (χ1) is 7.94. The Balaban J connectivity index is 1.97. The highest BCUT2D eigenvalue weighted by Gasteiger charge is 2.34. The average molecular weight is 250 g/mol. The van der Waals surface area contributed by atoms with Crippen LogP contribution in [0.5, 0.6) is 0 Å². The van der Waals surface area contributed by atoms with Crippen molar-refractivity contribution in [1.82, 2.24) is 20.1 Å². The maximum atomic E-state index is 12.3. The predicted molar refractivity (Wildman–Crippen MR) is 52.3 cm³/mol. The van der Waals surface area contributed by atoms with Crippen molar-refractivity contribution >= 4 is 0 Å². The summed E-state index contributed by atoms with van der Waals surface area (Å²) < 4.78 is 42.1. The van der Waals surface area contributed by atoms with Gasteiger partial charge in [0.1, 0.15) is 11.9 Å². The molecule has 1 aliphatic rings. The lowest BCUT2D eigenvalue weighted by molar-refractivity contribution is -0.160. The van der Waals surface area contributed by atoms with E-state index in [0.717, 1.165) is 0 Å². The average Bonchev–Trinajstić information content (AvgIpc) is 2.63. The number of aromatic amines is 1. The van der Waals surface area contributed by atoms with E-state index in [4.69, 9.17) is 4.74 Å². The van der Waals surface area contributed by atoms with Crippen molar-refractivity contribution < 1.29 is 17.9 Å². The zero-order chi connectivity index (χ0) is 12.5. The fourth-order valence-electron chi connectivity index (χ4n) is 1.76. The molecule has 1 aromatic heterocycles. The Hall–Kier alpha value is -1.15. The van der Waals surface area contributed by atoms with Gasteiger partial charge in [0, 0.05) is 13.1 Å². The second kappa shape index (κ2) is 4.61. The third-order valence-electron chi connectivity index (χ3n) is 2.46. The topological polar surface area (TPSA) is 54.0 Å². The lowest BCUT2D eigenvalue weighted by Gasteiger charge is -2.31. The molecule has 17 heavy (non-hydrogen) atoms. The highest BCUT2D eigenvalue weighted by Crippen LogP contribution is 2.23. The fraction of sp³-hybridized carbons (Fsp3) is 0.778. The minimum atomic E-state index is -4.18. The van der Waals surface area contributed by atoms with Gasteiger partial charge in [0.15, 0.2) is 5.82 Å². The van der Waals surface area contributed by atoms with Crippen LogP contribution in [0.4, 0.5) is 13.2 Å². The third kappa shape index (κ3) is 3.40. The molecule has 1 fully saturated rings. The lowest BCUT2D eigenvalue weighted by Crippen LogP contribution is -2.43. The fourth-order valence-corrected chi connectivity index (χ4v) is 1.76. The third-order valence-corrected chi connectivity index (χ3v) is 2.46. The highest BCUT2D eigenvalue weighted by molar-refractivity contribution is 4.95. The minimum absolute atomic E-state index is 0.163. The van der Waals surface area contributed by atoms with Gasteiger partial charge in [0.05, 0.1) is 13.2 Å². The van der Waals surface area contributed by atoms with E-state index in [9.17, 15) is 13.2 Å². The van der Waals surface area contributed by atoms with E-state index in [1.807, 2.05) is 0 Å². The number of H-pyrrole nitrogens is 1. The van der Waals surface area contributed by atoms with Crippen LogP contribution in [0.3, 0.4) is 0 Å². The van der Waals surface area contributed by atoms with Crippen LogP contribution in [0.1, 0.15) is 17.8 Å². The second-order valence-corrected chi connectivity index (χ2v) is 3.99. The zero-order valence-electron chi connectivity index (χ0n) is 9.29. The number of ether oxygens (including phenoxy) is 1. The summed E-state index contributed by atoms with van der Waals surface area (Å²) >= 11 is 0. The number of aromatic nitrogens is 3. The van der Waals surface area contributed by atoms with Crippen molar-refractivity contribution in [3.8, 4) is 0 Å². The number of halogens is 3. The number of alkyl halides is 3. The molecule has 2 rings (SSSR count). The van der Waals surface area contributed by atoms with Crippen LogP contribution in [-0.4, -0.2) is 52.5 Å². The van der Waals surface area contributed by atoms with E-state index in [2.05, 4.69) is 15.2 Å². The Morgan fingerprint density at radius 1 is 1.53 bits per heavy atom. The van der Waals surface area contributed by atoms with Gasteiger partial charge in [-0.05, 0) is 6.92 Å². The molecule has 96 valence electrons. The van der Waals surface area contributed by atoms with E-state index in [1.165, 1.54) is 4.90 Å². The normalized spacial score (nSPS) is 22.9. The first-order valence-electron chi connectivity index (χ1n) is 5.23. The summed E-state index contributed by atoms with van der Waals surface area (Å²) in [6, 6.07) is 0. The van der Waals surface area contributed by atoms with E-state index >= 15 is 0 Å². The molecule has 1 unspecified atom stereocenters. The maximum absolute atomic E-state index is 12.3. The molecule has 5 nitrogen and oxygen atoms in total. The van der Waals surface area contributed by atoms with E-state index in [-0.39, 0.29) is 19.7 Å².